The lowest BCUT2D eigenvalue weighted by Gasteiger charge is -2.09. The normalized spacial score (nSPS) is 10.0. The quantitative estimate of drug-likeness (QED) is 0.883. The van der Waals surface area contributed by atoms with E-state index in [2.05, 4.69) is 10.1 Å². The first-order valence-electron chi connectivity index (χ1n) is 5.96. The molecule has 0 atom stereocenters. The number of amides is 1. The number of esters is 1. The fraction of sp³-hybridized carbons (Fsp3) is 0.0667. The van der Waals surface area contributed by atoms with Crippen molar-refractivity contribution in [3.8, 4) is 0 Å². The molecule has 2 rings (SSSR count). The van der Waals surface area contributed by atoms with Gasteiger partial charge in [0.25, 0.3) is 5.91 Å². The van der Waals surface area contributed by atoms with E-state index in [9.17, 15) is 14.0 Å². The van der Waals surface area contributed by atoms with Crippen LogP contribution >= 0.6 is 11.6 Å². The van der Waals surface area contributed by atoms with E-state index in [0.717, 1.165) is 6.07 Å². The second kappa shape index (κ2) is 6.37. The van der Waals surface area contributed by atoms with Gasteiger partial charge >= 0.3 is 5.97 Å². The molecule has 2 aromatic rings. The summed E-state index contributed by atoms with van der Waals surface area (Å²) in [5.74, 6) is -1.59. The molecule has 0 aromatic heterocycles. The van der Waals surface area contributed by atoms with Crippen LogP contribution in [0.25, 0.3) is 0 Å². The minimum absolute atomic E-state index is 0.148. The lowest BCUT2D eigenvalue weighted by molar-refractivity contribution is 0.0600. The first-order valence-corrected chi connectivity index (χ1v) is 6.34. The van der Waals surface area contributed by atoms with E-state index < -0.39 is 17.7 Å². The Hall–Kier alpha value is -2.40. The molecular formula is C15H11ClFNO3. The van der Waals surface area contributed by atoms with Crippen molar-refractivity contribution in [3.05, 3.63) is 64.4 Å². The molecule has 0 aliphatic carbocycles. The van der Waals surface area contributed by atoms with Gasteiger partial charge in [-0.3, -0.25) is 4.79 Å². The molecule has 1 amide bonds. The highest BCUT2D eigenvalue weighted by Gasteiger charge is 2.12. The summed E-state index contributed by atoms with van der Waals surface area (Å²) in [4.78, 5) is 23.5. The lowest BCUT2D eigenvalue weighted by Crippen LogP contribution is -2.13. The summed E-state index contributed by atoms with van der Waals surface area (Å²) in [6.45, 7) is 0. The van der Waals surface area contributed by atoms with Crippen LogP contribution in [0.15, 0.2) is 42.5 Å². The highest BCUT2D eigenvalue weighted by atomic mass is 35.5. The molecule has 21 heavy (non-hydrogen) atoms. The molecule has 0 fully saturated rings. The third-order valence-electron chi connectivity index (χ3n) is 2.72. The van der Waals surface area contributed by atoms with Crippen LogP contribution in [-0.4, -0.2) is 19.0 Å². The summed E-state index contributed by atoms with van der Waals surface area (Å²) in [5.41, 5.74) is 0.639. The van der Waals surface area contributed by atoms with Gasteiger partial charge in [-0.15, -0.1) is 0 Å². The fourth-order valence-electron chi connectivity index (χ4n) is 1.69. The maximum atomic E-state index is 13.1. The maximum absolute atomic E-state index is 13.1. The first kappa shape index (κ1) is 15.0. The van der Waals surface area contributed by atoms with Crippen molar-refractivity contribution in [1.82, 2.24) is 0 Å². The average molecular weight is 308 g/mol. The number of hydrogen-bond acceptors (Lipinski definition) is 3. The molecule has 0 radical (unpaired) electrons. The highest BCUT2D eigenvalue weighted by molar-refractivity contribution is 6.34. The van der Waals surface area contributed by atoms with Crippen LogP contribution in [0.2, 0.25) is 5.02 Å². The number of ether oxygens (including phenoxy) is 1. The zero-order chi connectivity index (χ0) is 15.4. The topological polar surface area (TPSA) is 55.4 Å². The van der Waals surface area contributed by atoms with Crippen molar-refractivity contribution in [2.24, 2.45) is 0 Å². The van der Waals surface area contributed by atoms with Crippen molar-refractivity contribution in [2.45, 2.75) is 0 Å². The van der Waals surface area contributed by atoms with E-state index >= 15 is 0 Å². The monoisotopic (exact) mass is 307 g/mol. The third-order valence-corrected chi connectivity index (χ3v) is 3.05. The number of nitrogens with one attached hydrogen (secondary N) is 1. The van der Waals surface area contributed by atoms with Gasteiger partial charge in [0, 0.05) is 5.56 Å². The van der Waals surface area contributed by atoms with Crippen molar-refractivity contribution in [1.29, 1.82) is 0 Å². The van der Waals surface area contributed by atoms with Crippen molar-refractivity contribution in [2.75, 3.05) is 12.4 Å². The largest absolute Gasteiger partial charge is 0.465 e. The lowest BCUT2D eigenvalue weighted by atomic mass is 10.1. The van der Waals surface area contributed by atoms with E-state index in [4.69, 9.17) is 11.6 Å². The van der Waals surface area contributed by atoms with Gasteiger partial charge in [-0.05, 0) is 36.4 Å². The number of carbonyl (C=O) groups is 2. The number of methoxy groups -OCH3 is 1. The standard InChI is InChI=1S/C15H11ClFNO3/c1-21-15(20)10-5-6-12(16)13(8-10)18-14(19)9-3-2-4-11(17)7-9/h2-8H,1H3,(H,18,19). The van der Waals surface area contributed by atoms with E-state index in [0.29, 0.717) is 0 Å². The van der Waals surface area contributed by atoms with E-state index in [1.54, 1.807) is 0 Å². The van der Waals surface area contributed by atoms with Crippen LogP contribution in [0, 0.1) is 5.82 Å². The molecule has 0 saturated carbocycles. The molecule has 0 heterocycles. The van der Waals surface area contributed by atoms with Gasteiger partial charge in [-0.1, -0.05) is 17.7 Å². The number of benzene rings is 2. The number of anilines is 1. The van der Waals surface area contributed by atoms with Crippen LogP contribution in [-0.2, 0) is 4.74 Å². The van der Waals surface area contributed by atoms with Gasteiger partial charge in [0.1, 0.15) is 5.82 Å². The second-order valence-corrected chi connectivity index (χ2v) is 4.56. The third kappa shape index (κ3) is 3.58. The van der Waals surface area contributed by atoms with Crippen LogP contribution < -0.4 is 5.32 Å². The predicted octanol–water partition coefficient (Wildman–Crippen LogP) is 3.52. The Balaban J connectivity index is 2.26. The van der Waals surface area contributed by atoms with Gasteiger partial charge < -0.3 is 10.1 Å². The molecule has 2 aromatic carbocycles. The summed E-state index contributed by atoms with van der Waals surface area (Å²) < 4.78 is 17.7. The van der Waals surface area contributed by atoms with Gasteiger partial charge in [0.15, 0.2) is 0 Å². The molecule has 0 aliphatic rings. The Kier molecular flexibility index (Phi) is 4.55. The van der Waals surface area contributed by atoms with E-state index in [1.807, 2.05) is 0 Å². The van der Waals surface area contributed by atoms with Crippen LogP contribution in [0.3, 0.4) is 0 Å². The van der Waals surface area contributed by atoms with Crippen molar-refractivity contribution < 1.29 is 18.7 Å². The highest BCUT2D eigenvalue weighted by Crippen LogP contribution is 2.24. The van der Waals surface area contributed by atoms with Crippen molar-refractivity contribution in [3.63, 3.8) is 0 Å². The van der Waals surface area contributed by atoms with Gasteiger partial charge in [-0.25, -0.2) is 9.18 Å². The number of carbonyl (C=O) groups excluding carboxylic acids is 2. The van der Waals surface area contributed by atoms with Gasteiger partial charge in [0.05, 0.1) is 23.4 Å². The number of halogens is 2. The maximum Gasteiger partial charge on any atom is 0.337 e. The van der Waals surface area contributed by atoms with Crippen LogP contribution in [0.4, 0.5) is 10.1 Å². The van der Waals surface area contributed by atoms with E-state index in [1.165, 1.54) is 43.5 Å². The molecule has 0 bridgehead atoms. The summed E-state index contributed by atoms with van der Waals surface area (Å²) in [6, 6.07) is 9.58. The molecule has 0 spiro atoms. The minimum atomic E-state index is -0.548. The molecule has 6 heteroatoms. The van der Waals surface area contributed by atoms with Crippen molar-refractivity contribution >= 4 is 29.2 Å². The fourth-order valence-corrected chi connectivity index (χ4v) is 1.85. The molecular weight excluding hydrogens is 297 g/mol. The minimum Gasteiger partial charge on any atom is -0.465 e. The predicted molar refractivity (Wildman–Crippen MR) is 77.1 cm³/mol. The Morgan fingerprint density at radius 2 is 1.90 bits per heavy atom. The molecule has 0 aliphatic heterocycles. The summed E-state index contributed by atoms with van der Waals surface area (Å²) in [7, 11) is 1.25. The average Bonchev–Trinajstić information content (AvgIpc) is 2.48. The Morgan fingerprint density at radius 1 is 1.14 bits per heavy atom. The summed E-state index contributed by atoms with van der Waals surface area (Å²) in [6.07, 6.45) is 0. The van der Waals surface area contributed by atoms with E-state index in [-0.39, 0.29) is 21.8 Å². The van der Waals surface area contributed by atoms with Crippen LogP contribution in [0.1, 0.15) is 20.7 Å². The molecule has 108 valence electrons. The second-order valence-electron chi connectivity index (χ2n) is 4.15. The Morgan fingerprint density at radius 3 is 2.57 bits per heavy atom. The Bertz CT molecular complexity index is 703. The Labute approximate surface area is 125 Å². The molecule has 0 saturated heterocycles. The van der Waals surface area contributed by atoms with Gasteiger partial charge in [-0.2, -0.15) is 0 Å². The summed E-state index contributed by atoms with van der Waals surface area (Å²) >= 11 is 5.97. The smallest absolute Gasteiger partial charge is 0.337 e. The SMILES string of the molecule is COC(=O)c1ccc(Cl)c(NC(=O)c2cccc(F)c2)c1. The zero-order valence-corrected chi connectivity index (χ0v) is 11.8. The summed E-state index contributed by atoms with van der Waals surface area (Å²) in [5, 5.41) is 2.78. The molecule has 4 nitrogen and oxygen atoms in total. The zero-order valence-electron chi connectivity index (χ0n) is 11.0. The van der Waals surface area contributed by atoms with Crippen LogP contribution in [0.5, 0.6) is 0 Å². The first-order chi connectivity index (χ1) is 10.0. The number of hydrogen-bond donors (Lipinski definition) is 1. The number of rotatable bonds is 3. The van der Waals surface area contributed by atoms with Gasteiger partial charge in [0.2, 0.25) is 0 Å². The molecule has 0 unspecified atom stereocenters. The molecule has 1 N–H and O–H groups in total.